The SMILES string of the molecule is CC(=O)c1cc(NC(=O)c2cc(CC(=O)c3cc([N+](=O)[O-])[nH]n3)[nH]n2)n[nH]1. The maximum Gasteiger partial charge on any atom is 0.343 e. The van der Waals surface area contributed by atoms with Crippen LogP contribution in [-0.4, -0.2) is 53.0 Å². The summed E-state index contributed by atoms with van der Waals surface area (Å²) in [5, 5.41) is 31.4. The maximum absolute atomic E-state index is 12.1. The number of H-pyrrole nitrogens is 3. The Kier molecular flexibility index (Phi) is 4.57. The van der Waals surface area contributed by atoms with Gasteiger partial charge in [0.25, 0.3) is 5.91 Å². The van der Waals surface area contributed by atoms with Crippen molar-refractivity contribution in [2.75, 3.05) is 5.32 Å². The van der Waals surface area contributed by atoms with Crippen molar-refractivity contribution < 1.29 is 19.3 Å². The Labute approximate surface area is 149 Å². The van der Waals surface area contributed by atoms with E-state index in [2.05, 4.69) is 35.9 Å². The van der Waals surface area contributed by atoms with Crippen LogP contribution in [0, 0.1) is 10.1 Å². The molecule has 3 aromatic rings. The van der Waals surface area contributed by atoms with E-state index in [4.69, 9.17) is 0 Å². The van der Waals surface area contributed by atoms with Crippen molar-refractivity contribution in [1.29, 1.82) is 0 Å². The number of nitrogens with zero attached hydrogens (tertiary/aromatic N) is 4. The normalized spacial score (nSPS) is 10.6. The minimum absolute atomic E-state index is 0.00168. The molecule has 13 nitrogen and oxygen atoms in total. The summed E-state index contributed by atoms with van der Waals surface area (Å²) in [5.41, 5.74) is 0.461. The van der Waals surface area contributed by atoms with E-state index in [-0.39, 0.29) is 35.1 Å². The summed E-state index contributed by atoms with van der Waals surface area (Å²) < 4.78 is 0. The van der Waals surface area contributed by atoms with Gasteiger partial charge in [-0.15, -0.1) is 5.10 Å². The second-order valence-electron chi connectivity index (χ2n) is 5.45. The van der Waals surface area contributed by atoms with Gasteiger partial charge in [-0.05, 0) is 11.0 Å². The quantitative estimate of drug-likeness (QED) is 0.263. The number of amides is 1. The van der Waals surface area contributed by atoms with E-state index in [1.807, 2.05) is 0 Å². The van der Waals surface area contributed by atoms with Crippen LogP contribution in [0.3, 0.4) is 0 Å². The van der Waals surface area contributed by atoms with Gasteiger partial charge in [-0.2, -0.15) is 10.2 Å². The Bertz CT molecular complexity index is 1050. The van der Waals surface area contributed by atoms with Crippen molar-refractivity contribution in [2.45, 2.75) is 13.3 Å². The number of anilines is 1. The number of aromatic nitrogens is 6. The highest BCUT2D eigenvalue weighted by atomic mass is 16.6. The molecule has 0 aromatic carbocycles. The van der Waals surface area contributed by atoms with Crippen molar-refractivity contribution in [3.63, 3.8) is 0 Å². The van der Waals surface area contributed by atoms with Gasteiger partial charge >= 0.3 is 5.82 Å². The van der Waals surface area contributed by atoms with E-state index in [1.165, 1.54) is 19.1 Å². The summed E-state index contributed by atoms with van der Waals surface area (Å²) in [6.45, 7) is 1.35. The third-order valence-electron chi connectivity index (χ3n) is 3.46. The molecule has 0 fully saturated rings. The second kappa shape index (κ2) is 6.99. The first kappa shape index (κ1) is 17.7. The van der Waals surface area contributed by atoms with Crippen LogP contribution in [0.15, 0.2) is 18.2 Å². The monoisotopic (exact) mass is 372 g/mol. The molecule has 138 valence electrons. The number of nitro groups is 1. The van der Waals surface area contributed by atoms with E-state index < -0.39 is 22.4 Å². The zero-order chi connectivity index (χ0) is 19.6. The molecule has 0 aliphatic heterocycles. The minimum atomic E-state index is -0.699. The van der Waals surface area contributed by atoms with Crippen LogP contribution in [0.4, 0.5) is 11.6 Å². The fourth-order valence-corrected chi connectivity index (χ4v) is 2.13. The lowest BCUT2D eigenvalue weighted by Crippen LogP contribution is -2.12. The van der Waals surface area contributed by atoms with Gasteiger partial charge in [-0.1, -0.05) is 5.10 Å². The first-order valence-electron chi connectivity index (χ1n) is 7.48. The highest BCUT2D eigenvalue weighted by Crippen LogP contribution is 2.12. The molecular weight excluding hydrogens is 360 g/mol. The summed E-state index contributed by atoms with van der Waals surface area (Å²) in [7, 11) is 0. The molecule has 0 radical (unpaired) electrons. The van der Waals surface area contributed by atoms with Gasteiger partial charge < -0.3 is 15.4 Å². The molecule has 0 unspecified atom stereocenters. The number of carbonyl (C=O) groups excluding carboxylic acids is 3. The van der Waals surface area contributed by atoms with Crippen LogP contribution in [-0.2, 0) is 6.42 Å². The molecule has 1 amide bonds. The average Bonchev–Trinajstić information content (AvgIpc) is 3.35. The van der Waals surface area contributed by atoms with Crippen LogP contribution in [0.5, 0.6) is 0 Å². The van der Waals surface area contributed by atoms with Gasteiger partial charge in [-0.25, -0.2) is 0 Å². The third-order valence-corrected chi connectivity index (χ3v) is 3.46. The van der Waals surface area contributed by atoms with Crippen LogP contribution < -0.4 is 5.32 Å². The number of aromatic amines is 3. The molecule has 0 atom stereocenters. The lowest BCUT2D eigenvalue weighted by Gasteiger charge is -1.96. The Hall–Kier alpha value is -4.16. The number of nitrogens with one attached hydrogen (secondary N) is 4. The number of Topliss-reactive ketones (excluding diaryl/α,β-unsaturated/α-hetero) is 2. The van der Waals surface area contributed by atoms with E-state index in [1.54, 1.807) is 0 Å². The molecule has 0 saturated carbocycles. The first-order chi connectivity index (χ1) is 12.8. The van der Waals surface area contributed by atoms with Crippen molar-refractivity contribution >= 4 is 29.1 Å². The van der Waals surface area contributed by atoms with Crippen molar-refractivity contribution in [3.05, 3.63) is 51.1 Å². The van der Waals surface area contributed by atoms with E-state index in [9.17, 15) is 24.5 Å². The summed E-state index contributed by atoms with van der Waals surface area (Å²) in [6, 6.07) is 3.76. The summed E-state index contributed by atoms with van der Waals surface area (Å²) in [6.07, 6.45) is -0.181. The average molecular weight is 372 g/mol. The largest absolute Gasteiger partial charge is 0.358 e. The van der Waals surface area contributed by atoms with Crippen LogP contribution in [0.1, 0.15) is 44.1 Å². The van der Waals surface area contributed by atoms with Gasteiger partial charge in [0.15, 0.2) is 28.8 Å². The van der Waals surface area contributed by atoms with Gasteiger partial charge in [0, 0.05) is 18.7 Å². The molecule has 3 rings (SSSR count). The Balaban J connectivity index is 1.64. The predicted molar refractivity (Wildman–Crippen MR) is 88.4 cm³/mol. The number of hydrogen-bond donors (Lipinski definition) is 4. The highest BCUT2D eigenvalue weighted by Gasteiger charge is 2.19. The fourth-order valence-electron chi connectivity index (χ4n) is 2.13. The Morgan fingerprint density at radius 3 is 2.44 bits per heavy atom. The standard InChI is InChI=1S/C14H12N8O5/c1-6(23)8-4-12(20-17-8)15-14(25)10-2-7(16-19-10)3-11(24)9-5-13(21-18-9)22(26)27/h2,4-5H,3H2,1H3,(H,16,19)(H,18,21)(H2,15,17,20,25). The topological polar surface area (TPSA) is 192 Å². The highest BCUT2D eigenvalue weighted by molar-refractivity contribution is 6.03. The number of rotatable bonds is 7. The van der Waals surface area contributed by atoms with E-state index >= 15 is 0 Å². The van der Waals surface area contributed by atoms with Gasteiger partial charge in [-0.3, -0.25) is 24.6 Å². The lowest BCUT2D eigenvalue weighted by molar-refractivity contribution is -0.389. The van der Waals surface area contributed by atoms with Crippen LogP contribution in [0.2, 0.25) is 0 Å². The Morgan fingerprint density at radius 1 is 1.07 bits per heavy atom. The molecule has 3 aromatic heterocycles. The van der Waals surface area contributed by atoms with Gasteiger partial charge in [0.2, 0.25) is 0 Å². The molecule has 0 aliphatic carbocycles. The molecule has 0 spiro atoms. The Morgan fingerprint density at radius 2 is 1.81 bits per heavy atom. The van der Waals surface area contributed by atoms with Crippen molar-refractivity contribution in [3.8, 4) is 0 Å². The maximum atomic E-state index is 12.1. The third kappa shape index (κ3) is 3.92. The van der Waals surface area contributed by atoms with Crippen LogP contribution in [0.25, 0.3) is 0 Å². The fraction of sp³-hybridized carbons (Fsp3) is 0.143. The summed E-state index contributed by atoms with van der Waals surface area (Å²) in [5.74, 6) is -1.57. The second-order valence-corrected chi connectivity index (χ2v) is 5.45. The van der Waals surface area contributed by atoms with Crippen molar-refractivity contribution in [1.82, 2.24) is 30.6 Å². The molecule has 0 saturated heterocycles. The molecule has 0 bridgehead atoms. The smallest absolute Gasteiger partial charge is 0.343 e. The molecule has 27 heavy (non-hydrogen) atoms. The minimum Gasteiger partial charge on any atom is -0.358 e. The van der Waals surface area contributed by atoms with Crippen LogP contribution >= 0.6 is 0 Å². The number of hydrogen-bond acceptors (Lipinski definition) is 8. The van der Waals surface area contributed by atoms with E-state index in [0.29, 0.717) is 5.69 Å². The lowest BCUT2D eigenvalue weighted by atomic mass is 10.1. The zero-order valence-corrected chi connectivity index (χ0v) is 13.8. The predicted octanol–water partition coefficient (Wildman–Crippen LogP) is 0.644. The van der Waals surface area contributed by atoms with Crippen molar-refractivity contribution in [2.24, 2.45) is 0 Å². The van der Waals surface area contributed by atoms with E-state index in [0.717, 1.165) is 6.07 Å². The van der Waals surface area contributed by atoms with Gasteiger partial charge in [0.05, 0.1) is 12.5 Å². The van der Waals surface area contributed by atoms with Gasteiger partial charge in [0.1, 0.15) is 5.69 Å². The summed E-state index contributed by atoms with van der Waals surface area (Å²) >= 11 is 0. The molecule has 13 heteroatoms. The first-order valence-corrected chi connectivity index (χ1v) is 7.48. The zero-order valence-electron chi connectivity index (χ0n) is 13.8. The molecule has 4 N–H and O–H groups in total. The molecule has 3 heterocycles. The summed E-state index contributed by atoms with van der Waals surface area (Å²) in [4.78, 5) is 45.3. The molecular formula is C14H12N8O5. The molecule has 0 aliphatic rings. The number of carbonyl (C=O) groups is 3. The number of ketones is 2.